The third kappa shape index (κ3) is 3.64. The minimum absolute atomic E-state index is 0.103. The molecule has 0 aliphatic heterocycles. The molecule has 6 heteroatoms. The monoisotopic (exact) mass is 421 g/mol. The molecule has 1 aliphatic carbocycles. The highest BCUT2D eigenvalue weighted by Crippen LogP contribution is 2.44. The molecule has 3 aromatic rings. The fourth-order valence-corrected chi connectivity index (χ4v) is 3.99. The van der Waals surface area contributed by atoms with Crippen molar-refractivity contribution in [3.05, 3.63) is 88.9 Å². The van der Waals surface area contributed by atoms with Gasteiger partial charge in [-0.1, -0.05) is 60.1 Å². The van der Waals surface area contributed by atoms with Crippen molar-refractivity contribution in [2.45, 2.75) is 18.9 Å². The van der Waals surface area contributed by atoms with Crippen molar-refractivity contribution < 1.29 is 19.4 Å². The maximum atomic E-state index is 13.0. The Hall–Kier alpha value is -3.31. The second kappa shape index (κ2) is 8.20. The molecule has 0 radical (unpaired) electrons. The van der Waals surface area contributed by atoms with Crippen molar-refractivity contribution in [2.24, 2.45) is 0 Å². The van der Waals surface area contributed by atoms with Crippen molar-refractivity contribution in [1.29, 1.82) is 0 Å². The van der Waals surface area contributed by atoms with Gasteiger partial charge in [0.05, 0.1) is 0 Å². The molecule has 0 heterocycles. The first-order valence-corrected chi connectivity index (χ1v) is 9.97. The molecule has 1 atom stereocenters. The maximum Gasteiger partial charge on any atom is 0.415 e. The largest absolute Gasteiger partial charge is 0.480 e. The number of hydrogen-bond donors (Lipinski definition) is 1. The summed E-state index contributed by atoms with van der Waals surface area (Å²) in [4.78, 5) is 25.7. The van der Waals surface area contributed by atoms with Crippen LogP contribution in [0.15, 0.2) is 72.8 Å². The first kappa shape index (κ1) is 20.0. The first-order valence-electron chi connectivity index (χ1n) is 9.60. The van der Waals surface area contributed by atoms with Gasteiger partial charge < -0.3 is 9.84 Å². The average molecular weight is 422 g/mol. The first-order chi connectivity index (χ1) is 14.5. The molecule has 0 saturated carbocycles. The molecule has 0 unspecified atom stereocenters. The van der Waals surface area contributed by atoms with E-state index in [4.69, 9.17) is 16.3 Å². The Morgan fingerprint density at radius 2 is 1.50 bits per heavy atom. The molecular formula is C24H20ClNO4. The minimum atomic E-state index is -1.13. The normalized spacial score (nSPS) is 13.3. The number of benzene rings is 3. The number of carboxylic acids is 1. The van der Waals surface area contributed by atoms with Gasteiger partial charge in [0.1, 0.15) is 12.6 Å². The average Bonchev–Trinajstić information content (AvgIpc) is 3.07. The van der Waals surface area contributed by atoms with Crippen LogP contribution in [0, 0.1) is 0 Å². The number of hydrogen-bond acceptors (Lipinski definition) is 3. The fraction of sp³-hybridized carbons (Fsp3) is 0.167. The molecular weight excluding hydrogens is 402 g/mol. The topological polar surface area (TPSA) is 66.8 Å². The summed E-state index contributed by atoms with van der Waals surface area (Å²) in [6.07, 6.45) is -0.714. The van der Waals surface area contributed by atoms with Crippen LogP contribution in [0.25, 0.3) is 11.1 Å². The summed E-state index contributed by atoms with van der Waals surface area (Å²) in [6.45, 7) is 1.56. The summed E-state index contributed by atoms with van der Waals surface area (Å²) in [7, 11) is 0. The molecule has 0 saturated heterocycles. The lowest BCUT2D eigenvalue weighted by Crippen LogP contribution is -2.44. The molecule has 0 bridgehead atoms. The van der Waals surface area contributed by atoms with Crippen LogP contribution in [0.3, 0.4) is 0 Å². The number of aliphatic carboxylic acids is 1. The van der Waals surface area contributed by atoms with Crippen LogP contribution in [0.2, 0.25) is 5.02 Å². The summed E-state index contributed by atoms with van der Waals surface area (Å²) in [5.74, 6) is -1.23. The van der Waals surface area contributed by atoms with Crippen molar-refractivity contribution >= 4 is 29.4 Å². The lowest BCUT2D eigenvalue weighted by molar-refractivity contribution is -0.138. The summed E-state index contributed by atoms with van der Waals surface area (Å²) >= 11 is 5.93. The van der Waals surface area contributed by atoms with Gasteiger partial charge in [-0.3, -0.25) is 4.90 Å². The number of halogens is 1. The van der Waals surface area contributed by atoms with E-state index in [1.165, 1.54) is 6.92 Å². The Labute approximate surface area is 179 Å². The van der Waals surface area contributed by atoms with Crippen molar-refractivity contribution in [2.75, 3.05) is 11.5 Å². The third-order valence-electron chi connectivity index (χ3n) is 5.38. The number of anilines is 1. The van der Waals surface area contributed by atoms with Gasteiger partial charge in [-0.25, -0.2) is 9.59 Å². The molecule has 0 spiro atoms. The van der Waals surface area contributed by atoms with Crippen molar-refractivity contribution in [1.82, 2.24) is 0 Å². The SMILES string of the molecule is C[C@@H](C(=O)O)N(C(=O)OCC1c2ccccc2-c2ccccc21)c1ccc(Cl)cc1. The maximum absolute atomic E-state index is 13.0. The standard InChI is InChI=1S/C24H20ClNO4/c1-15(23(27)28)26(17-12-10-16(25)11-13-17)24(29)30-14-22-20-8-4-2-6-18(20)19-7-3-5-9-21(19)22/h2-13,15,22H,14H2,1H3,(H,27,28)/t15-/m0/s1. The lowest BCUT2D eigenvalue weighted by atomic mass is 9.98. The minimum Gasteiger partial charge on any atom is -0.480 e. The van der Waals surface area contributed by atoms with Gasteiger partial charge in [0.15, 0.2) is 0 Å². The molecule has 1 aliphatic rings. The summed E-state index contributed by atoms with van der Waals surface area (Å²) in [5.41, 5.74) is 4.85. The van der Waals surface area contributed by atoms with E-state index < -0.39 is 18.1 Å². The Kier molecular flexibility index (Phi) is 5.46. The number of fused-ring (bicyclic) bond motifs is 3. The van der Waals surface area contributed by atoms with Crippen molar-refractivity contribution in [3.63, 3.8) is 0 Å². The van der Waals surface area contributed by atoms with E-state index in [9.17, 15) is 14.7 Å². The number of ether oxygens (including phenoxy) is 1. The number of nitrogens with zero attached hydrogens (tertiary/aromatic N) is 1. The van der Waals surface area contributed by atoms with Gasteiger partial charge in [-0.05, 0) is 53.4 Å². The third-order valence-corrected chi connectivity index (χ3v) is 5.63. The van der Waals surface area contributed by atoms with E-state index >= 15 is 0 Å². The molecule has 4 rings (SSSR count). The van der Waals surface area contributed by atoms with Crippen LogP contribution < -0.4 is 4.90 Å². The summed E-state index contributed by atoms with van der Waals surface area (Å²) < 4.78 is 5.65. The number of carbonyl (C=O) groups excluding carboxylic acids is 1. The van der Waals surface area contributed by atoms with Crippen LogP contribution in [-0.2, 0) is 9.53 Å². The van der Waals surface area contributed by atoms with Gasteiger partial charge in [0.25, 0.3) is 0 Å². The highest BCUT2D eigenvalue weighted by Gasteiger charge is 2.32. The second-order valence-corrected chi connectivity index (χ2v) is 7.60. The molecule has 1 amide bonds. The van der Waals surface area contributed by atoms with E-state index in [1.54, 1.807) is 24.3 Å². The quantitative estimate of drug-likeness (QED) is 0.585. The Balaban J connectivity index is 1.59. The van der Waals surface area contributed by atoms with Crippen LogP contribution in [0.5, 0.6) is 0 Å². The molecule has 5 nitrogen and oxygen atoms in total. The number of carboxylic acid groups (broad SMARTS) is 1. The Bertz CT molecular complexity index is 1050. The Morgan fingerprint density at radius 1 is 0.967 bits per heavy atom. The summed E-state index contributed by atoms with van der Waals surface area (Å²) in [5, 5.41) is 9.98. The highest BCUT2D eigenvalue weighted by atomic mass is 35.5. The van der Waals surface area contributed by atoms with Gasteiger partial charge >= 0.3 is 12.1 Å². The zero-order chi connectivity index (χ0) is 21.3. The van der Waals surface area contributed by atoms with Gasteiger partial charge in [-0.2, -0.15) is 0 Å². The number of rotatable bonds is 5. The predicted octanol–water partition coefficient (Wildman–Crippen LogP) is 5.57. The predicted molar refractivity (Wildman–Crippen MR) is 116 cm³/mol. The van der Waals surface area contributed by atoms with E-state index in [-0.39, 0.29) is 12.5 Å². The smallest absolute Gasteiger partial charge is 0.415 e. The van der Waals surface area contributed by atoms with Crippen LogP contribution in [0.4, 0.5) is 10.5 Å². The lowest BCUT2D eigenvalue weighted by Gasteiger charge is -2.26. The van der Waals surface area contributed by atoms with Crippen LogP contribution in [0.1, 0.15) is 24.0 Å². The molecule has 0 fully saturated rings. The van der Waals surface area contributed by atoms with E-state index in [1.807, 2.05) is 36.4 Å². The van der Waals surface area contributed by atoms with Crippen LogP contribution in [-0.4, -0.2) is 29.8 Å². The molecule has 0 aromatic heterocycles. The molecule has 1 N–H and O–H groups in total. The zero-order valence-corrected chi connectivity index (χ0v) is 17.0. The van der Waals surface area contributed by atoms with E-state index in [2.05, 4.69) is 12.1 Å². The summed E-state index contributed by atoms with van der Waals surface area (Å²) in [6, 6.07) is 21.4. The molecule has 30 heavy (non-hydrogen) atoms. The fourth-order valence-electron chi connectivity index (χ4n) is 3.86. The molecule has 3 aromatic carbocycles. The number of carbonyl (C=O) groups is 2. The van der Waals surface area contributed by atoms with Gasteiger partial charge in [0, 0.05) is 16.6 Å². The van der Waals surface area contributed by atoms with Gasteiger partial charge in [0.2, 0.25) is 0 Å². The van der Waals surface area contributed by atoms with E-state index in [0.29, 0.717) is 10.7 Å². The van der Waals surface area contributed by atoms with E-state index in [0.717, 1.165) is 27.2 Å². The van der Waals surface area contributed by atoms with Gasteiger partial charge in [-0.15, -0.1) is 0 Å². The zero-order valence-electron chi connectivity index (χ0n) is 16.3. The number of amides is 1. The van der Waals surface area contributed by atoms with Crippen LogP contribution >= 0.6 is 11.6 Å². The van der Waals surface area contributed by atoms with Crippen molar-refractivity contribution in [3.8, 4) is 11.1 Å². The highest BCUT2D eigenvalue weighted by molar-refractivity contribution is 6.30. The molecule has 152 valence electrons. The Morgan fingerprint density at radius 3 is 2.03 bits per heavy atom. The second-order valence-electron chi connectivity index (χ2n) is 7.16.